The highest BCUT2D eigenvalue weighted by molar-refractivity contribution is 5.06. The van der Waals surface area contributed by atoms with Gasteiger partial charge in [-0.25, -0.2) is 0 Å². The molecule has 3 heteroatoms. The van der Waals surface area contributed by atoms with Crippen LogP contribution >= 0.6 is 0 Å². The second kappa shape index (κ2) is 3.97. The molecule has 0 aromatic heterocycles. The predicted octanol–water partition coefficient (Wildman–Crippen LogP) is 0.981. The molecule has 1 N–H and O–H groups in total. The van der Waals surface area contributed by atoms with Crippen molar-refractivity contribution in [2.75, 3.05) is 14.2 Å². The number of ether oxygens (including phenoxy) is 1. The molecule has 0 aromatic rings. The Bertz CT molecular complexity index is 118. The third-order valence-corrected chi connectivity index (χ3v) is 0.751. The van der Waals surface area contributed by atoms with E-state index in [1.54, 1.807) is 0 Å². The van der Waals surface area contributed by atoms with Crippen molar-refractivity contribution in [3.05, 3.63) is 24.6 Å². The summed E-state index contributed by atoms with van der Waals surface area (Å²) in [6.45, 7) is 3.45. The quantitative estimate of drug-likeness (QED) is 0.350. The van der Waals surface area contributed by atoms with Crippen LogP contribution in [0.2, 0.25) is 0 Å². The summed E-state index contributed by atoms with van der Waals surface area (Å²) >= 11 is 0. The van der Waals surface area contributed by atoms with Crippen LogP contribution in [-0.2, 0) is 4.74 Å². The number of hydrogen-bond donors (Lipinski definition) is 1. The van der Waals surface area contributed by atoms with Crippen LogP contribution < -0.4 is 0 Å². The lowest BCUT2D eigenvalue weighted by molar-refractivity contribution is -0.0165. The molecular weight excluding hydrogens is 118 g/mol. The zero-order chi connectivity index (χ0) is 7.28. The Morgan fingerprint density at radius 2 is 2.33 bits per heavy atom. The van der Waals surface area contributed by atoms with Gasteiger partial charge in [-0.15, -0.1) is 0 Å². The Balaban J connectivity index is 3.90. The smallest absolute Gasteiger partial charge is 0.136 e. The van der Waals surface area contributed by atoms with Gasteiger partial charge in [-0.05, 0) is 6.08 Å². The van der Waals surface area contributed by atoms with E-state index in [4.69, 9.17) is 9.94 Å². The highest BCUT2D eigenvalue weighted by atomic mass is 16.5. The van der Waals surface area contributed by atoms with E-state index in [0.29, 0.717) is 5.76 Å². The van der Waals surface area contributed by atoms with Crippen LogP contribution in [0.25, 0.3) is 0 Å². The highest BCUT2D eigenvalue weighted by Gasteiger charge is 1.87. The minimum atomic E-state index is 0.528. The summed E-state index contributed by atoms with van der Waals surface area (Å²) < 4.78 is 4.75. The molecule has 0 saturated heterocycles. The Labute approximate surface area is 54.8 Å². The van der Waals surface area contributed by atoms with E-state index in [-0.39, 0.29) is 0 Å². The topological polar surface area (TPSA) is 32.7 Å². The Morgan fingerprint density at radius 1 is 1.78 bits per heavy atom. The van der Waals surface area contributed by atoms with E-state index in [0.717, 1.165) is 5.06 Å². The van der Waals surface area contributed by atoms with Gasteiger partial charge in [0.2, 0.25) is 0 Å². The van der Waals surface area contributed by atoms with E-state index in [2.05, 4.69) is 6.58 Å². The van der Waals surface area contributed by atoms with E-state index < -0.39 is 0 Å². The first-order valence-corrected chi connectivity index (χ1v) is 2.50. The lowest BCUT2D eigenvalue weighted by Crippen LogP contribution is -2.03. The predicted molar refractivity (Wildman–Crippen MR) is 34.8 cm³/mol. The zero-order valence-corrected chi connectivity index (χ0v) is 5.66. The molecule has 0 fully saturated rings. The summed E-state index contributed by atoms with van der Waals surface area (Å²) in [7, 11) is 3.00. The van der Waals surface area contributed by atoms with Crippen LogP contribution in [0.5, 0.6) is 0 Å². The average Bonchev–Trinajstić information content (AvgIpc) is 1.82. The lowest BCUT2D eigenvalue weighted by atomic mass is 10.5. The minimum Gasteiger partial charge on any atom is -0.495 e. The maximum atomic E-state index is 8.61. The van der Waals surface area contributed by atoms with Crippen molar-refractivity contribution in [2.45, 2.75) is 0 Å². The van der Waals surface area contributed by atoms with Crippen molar-refractivity contribution in [1.82, 2.24) is 5.06 Å². The number of allylic oxidation sites excluding steroid dienone is 1. The summed E-state index contributed by atoms with van der Waals surface area (Å²) in [5.74, 6) is 0.528. The van der Waals surface area contributed by atoms with Crippen LogP contribution in [0.1, 0.15) is 0 Å². The van der Waals surface area contributed by atoms with Gasteiger partial charge in [0.15, 0.2) is 0 Å². The normalized spacial score (nSPS) is 10.8. The summed E-state index contributed by atoms with van der Waals surface area (Å²) in [6.07, 6.45) is 2.92. The van der Waals surface area contributed by atoms with Crippen LogP contribution in [0.4, 0.5) is 0 Å². The van der Waals surface area contributed by atoms with Gasteiger partial charge in [0.25, 0.3) is 0 Å². The number of nitrogens with zero attached hydrogens (tertiary/aromatic N) is 1. The molecule has 0 rings (SSSR count). The Hall–Kier alpha value is -0.960. The first-order valence-electron chi connectivity index (χ1n) is 2.50. The number of hydroxylamine groups is 2. The zero-order valence-electron chi connectivity index (χ0n) is 5.66. The fourth-order valence-electron chi connectivity index (χ4n) is 0.373. The molecule has 0 aromatic carbocycles. The summed E-state index contributed by atoms with van der Waals surface area (Å²) in [6, 6.07) is 0. The van der Waals surface area contributed by atoms with Gasteiger partial charge >= 0.3 is 0 Å². The molecular formula is C6H11NO2. The second-order valence-electron chi connectivity index (χ2n) is 1.51. The number of hydrogen-bond acceptors (Lipinski definition) is 3. The molecule has 52 valence electrons. The van der Waals surface area contributed by atoms with Crippen molar-refractivity contribution >= 4 is 0 Å². The molecule has 0 aliphatic rings. The standard InChI is InChI=1S/C6H11NO2/c1-4-6(9-3)5-7(2)8/h4-5,8H,1H2,2-3H3/b6-5+. The average molecular weight is 129 g/mol. The third-order valence-electron chi connectivity index (χ3n) is 0.751. The van der Waals surface area contributed by atoms with E-state index in [1.165, 1.54) is 26.4 Å². The molecule has 0 spiro atoms. The lowest BCUT2D eigenvalue weighted by Gasteiger charge is -2.04. The molecule has 0 bridgehead atoms. The van der Waals surface area contributed by atoms with Crippen LogP contribution in [0.15, 0.2) is 24.6 Å². The molecule has 3 nitrogen and oxygen atoms in total. The minimum absolute atomic E-state index is 0.528. The van der Waals surface area contributed by atoms with Gasteiger partial charge in [-0.3, -0.25) is 10.3 Å². The van der Waals surface area contributed by atoms with Crippen molar-refractivity contribution in [2.24, 2.45) is 0 Å². The monoisotopic (exact) mass is 129 g/mol. The fourth-order valence-corrected chi connectivity index (χ4v) is 0.373. The second-order valence-corrected chi connectivity index (χ2v) is 1.51. The van der Waals surface area contributed by atoms with Gasteiger partial charge in [-0.2, -0.15) is 0 Å². The molecule has 0 saturated carbocycles. The third kappa shape index (κ3) is 3.61. The molecule has 0 aliphatic carbocycles. The van der Waals surface area contributed by atoms with Gasteiger partial charge in [0.1, 0.15) is 5.76 Å². The molecule has 0 aliphatic heterocycles. The van der Waals surface area contributed by atoms with Gasteiger partial charge < -0.3 is 4.74 Å². The van der Waals surface area contributed by atoms with Crippen molar-refractivity contribution in [3.63, 3.8) is 0 Å². The SMILES string of the molecule is C=C/C(=C\N(C)O)OC. The molecule has 0 atom stereocenters. The fraction of sp³-hybridized carbons (Fsp3) is 0.333. The Kier molecular flexibility index (Phi) is 3.55. The van der Waals surface area contributed by atoms with Gasteiger partial charge in [-0.1, -0.05) is 6.58 Å². The summed E-state index contributed by atoms with van der Waals surface area (Å²) in [5.41, 5.74) is 0. The molecule has 0 unspecified atom stereocenters. The van der Waals surface area contributed by atoms with Crippen molar-refractivity contribution < 1.29 is 9.94 Å². The van der Waals surface area contributed by atoms with Gasteiger partial charge in [0.05, 0.1) is 13.3 Å². The number of methoxy groups -OCH3 is 1. The van der Waals surface area contributed by atoms with Crippen molar-refractivity contribution in [1.29, 1.82) is 0 Å². The Morgan fingerprint density at radius 3 is 2.44 bits per heavy atom. The molecule has 9 heavy (non-hydrogen) atoms. The molecule has 0 radical (unpaired) electrons. The maximum Gasteiger partial charge on any atom is 0.136 e. The summed E-state index contributed by atoms with van der Waals surface area (Å²) in [4.78, 5) is 0. The van der Waals surface area contributed by atoms with E-state index in [9.17, 15) is 0 Å². The molecule has 0 amide bonds. The van der Waals surface area contributed by atoms with E-state index in [1.807, 2.05) is 0 Å². The number of rotatable bonds is 3. The van der Waals surface area contributed by atoms with Crippen LogP contribution in [0, 0.1) is 0 Å². The van der Waals surface area contributed by atoms with E-state index >= 15 is 0 Å². The largest absolute Gasteiger partial charge is 0.495 e. The van der Waals surface area contributed by atoms with Crippen molar-refractivity contribution in [3.8, 4) is 0 Å². The first kappa shape index (κ1) is 8.04. The van der Waals surface area contributed by atoms with Crippen LogP contribution in [0.3, 0.4) is 0 Å². The summed E-state index contributed by atoms with van der Waals surface area (Å²) in [5, 5.41) is 9.52. The first-order chi connectivity index (χ1) is 4.20. The van der Waals surface area contributed by atoms with Crippen LogP contribution in [-0.4, -0.2) is 24.4 Å². The highest BCUT2D eigenvalue weighted by Crippen LogP contribution is 1.95. The maximum absolute atomic E-state index is 8.61. The van der Waals surface area contributed by atoms with Gasteiger partial charge in [0, 0.05) is 7.05 Å². The molecule has 0 heterocycles.